The second-order valence-electron chi connectivity index (χ2n) is 10.3. The molecule has 1 N–H and O–H groups in total. The lowest BCUT2D eigenvalue weighted by Gasteiger charge is -2.53. The van der Waals surface area contributed by atoms with Gasteiger partial charge >= 0.3 is 0 Å². The van der Waals surface area contributed by atoms with Crippen LogP contribution in [0.1, 0.15) is 66.4 Å². The van der Waals surface area contributed by atoms with Gasteiger partial charge in [0.1, 0.15) is 11.4 Å². The highest BCUT2D eigenvalue weighted by Crippen LogP contribution is 2.43. The lowest BCUT2D eigenvalue weighted by atomic mass is 9.79. The lowest BCUT2D eigenvalue weighted by molar-refractivity contribution is -0.118. The Bertz CT molecular complexity index is 945. The number of sulfonamides is 1. The van der Waals surface area contributed by atoms with Gasteiger partial charge in [-0.2, -0.15) is 4.31 Å². The van der Waals surface area contributed by atoms with Crippen LogP contribution in [0.4, 0.5) is 0 Å². The van der Waals surface area contributed by atoms with Crippen molar-refractivity contribution in [3.05, 3.63) is 36.4 Å². The van der Waals surface area contributed by atoms with E-state index in [9.17, 15) is 13.2 Å². The molecule has 0 spiro atoms. The predicted molar refractivity (Wildman–Crippen MR) is 118 cm³/mol. The van der Waals surface area contributed by atoms with Crippen LogP contribution < -0.4 is 10.1 Å². The number of piperidine rings is 1. The third-order valence-corrected chi connectivity index (χ3v) is 8.39. The van der Waals surface area contributed by atoms with Crippen LogP contribution in [0.25, 0.3) is 0 Å². The Labute approximate surface area is 180 Å². The van der Waals surface area contributed by atoms with E-state index in [-0.39, 0.29) is 17.6 Å². The van der Waals surface area contributed by atoms with Crippen molar-refractivity contribution in [3.8, 4) is 5.75 Å². The molecule has 2 aliphatic heterocycles. The Kier molecular flexibility index (Phi) is 5.61. The van der Waals surface area contributed by atoms with Gasteiger partial charge in [-0.05, 0) is 97.1 Å². The Morgan fingerprint density at radius 1 is 1.17 bits per heavy atom. The summed E-state index contributed by atoms with van der Waals surface area (Å²) >= 11 is 0. The highest BCUT2D eigenvalue weighted by atomic mass is 32.2. The average Bonchev–Trinajstić information content (AvgIpc) is 2.57. The summed E-state index contributed by atoms with van der Waals surface area (Å²) in [7, 11) is -3.75. The minimum absolute atomic E-state index is 0.119. The molecule has 0 aromatic heterocycles. The summed E-state index contributed by atoms with van der Waals surface area (Å²) in [5.74, 6) is 0.523. The molecule has 1 aromatic rings. The fourth-order valence-electron chi connectivity index (χ4n) is 5.18. The van der Waals surface area contributed by atoms with Crippen LogP contribution in [0, 0.1) is 0 Å². The Morgan fingerprint density at radius 2 is 1.77 bits per heavy atom. The minimum Gasteiger partial charge on any atom is -0.488 e. The molecular formula is C23H34N2O4S. The molecule has 166 valence electrons. The van der Waals surface area contributed by atoms with E-state index in [1.54, 1.807) is 22.5 Å². The van der Waals surface area contributed by atoms with E-state index in [4.69, 9.17) is 4.74 Å². The van der Waals surface area contributed by atoms with Gasteiger partial charge in [0, 0.05) is 17.1 Å². The maximum absolute atomic E-state index is 13.8. The quantitative estimate of drug-likeness (QED) is 0.732. The van der Waals surface area contributed by atoms with Gasteiger partial charge in [0.25, 0.3) is 0 Å². The van der Waals surface area contributed by atoms with Crippen LogP contribution in [-0.4, -0.2) is 41.4 Å². The summed E-state index contributed by atoms with van der Waals surface area (Å²) in [5.41, 5.74) is -0.656. The standard InChI is InChI=1S/C23H34N2O4S/c1-8-20(26)24-17-14-21(2,3)25(22(4,5)15-17)30(27,28)18-9-10-19-16(13-18)11-12-23(6,7)29-19/h8-10,13,17H,1,11-12,14-15H2,2-7H3,(H,24,26). The number of hydrogen-bond acceptors (Lipinski definition) is 4. The van der Waals surface area contributed by atoms with E-state index in [0.29, 0.717) is 17.7 Å². The molecule has 1 fully saturated rings. The van der Waals surface area contributed by atoms with Crippen LogP contribution in [0.2, 0.25) is 0 Å². The average molecular weight is 435 g/mol. The van der Waals surface area contributed by atoms with Crippen molar-refractivity contribution in [3.63, 3.8) is 0 Å². The lowest BCUT2D eigenvalue weighted by Crippen LogP contribution is -2.65. The van der Waals surface area contributed by atoms with Gasteiger partial charge in [-0.3, -0.25) is 4.79 Å². The molecule has 1 aromatic carbocycles. The van der Waals surface area contributed by atoms with Crippen LogP contribution >= 0.6 is 0 Å². The van der Waals surface area contributed by atoms with Gasteiger partial charge in [0.2, 0.25) is 15.9 Å². The first-order valence-electron chi connectivity index (χ1n) is 10.5. The molecule has 7 heteroatoms. The Balaban J connectivity index is 1.95. The largest absolute Gasteiger partial charge is 0.488 e. The number of nitrogens with one attached hydrogen (secondary N) is 1. The molecule has 1 amide bonds. The molecule has 6 nitrogen and oxygen atoms in total. The third-order valence-electron chi connectivity index (χ3n) is 6.08. The maximum atomic E-state index is 13.8. The molecule has 0 radical (unpaired) electrons. The van der Waals surface area contributed by atoms with Gasteiger partial charge in [0.05, 0.1) is 4.90 Å². The molecule has 0 aliphatic carbocycles. The number of aryl methyl sites for hydroxylation is 1. The van der Waals surface area contributed by atoms with Gasteiger partial charge in [-0.15, -0.1) is 0 Å². The number of hydrogen-bond donors (Lipinski definition) is 1. The summed E-state index contributed by atoms with van der Waals surface area (Å²) in [6.07, 6.45) is 3.93. The van der Waals surface area contributed by atoms with E-state index < -0.39 is 21.1 Å². The number of nitrogens with zero attached hydrogens (tertiary/aromatic N) is 1. The van der Waals surface area contributed by atoms with Crippen molar-refractivity contribution >= 4 is 15.9 Å². The zero-order valence-electron chi connectivity index (χ0n) is 18.9. The fourth-order valence-corrected chi connectivity index (χ4v) is 7.37. The highest BCUT2D eigenvalue weighted by molar-refractivity contribution is 7.89. The summed E-state index contributed by atoms with van der Waals surface area (Å²) in [6.45, 7) is 15.3. The Hall–Kier alpha value is -1.86. The second kappa shape index (κ2) is 7.38. The summed E-state index contributed by atoms with van der Waals surface area (Å²) < 4.78 is 35.2. The van der Waals surface area contributed by atoms with Crippen LogP contribution in [0.5, 0.6) is 5.75 Å². The van der Waals surface area contributed by atoms with Crippen molar-refractivity contribution in [1.29, 1.82) is 0 Å². The number of carbonyl (C=O) groups is 1. The van der Waals surface area contributed by atoms with Gasteiger partial charge in [-0.25, -0.2) is 8.42 Å². The van der Waals surface area contributed by atoms with Crippen molar-refractivity contribution < 1.29 is 17.9 Å². The molecule has 30 heavy (non-hydrogen) atoms. The first kappa shape index (κ1) is 22.8. The molecule has 2 aliphatic rings. The zero-order chi connectivity index (χ0) is 22.5. The SMILES string of the molecule is C=CC(=O)NC1CC(C)(C)N(S(=O)(=O)c2ccc3c(c2)CCC(C)(C)O3)C(C)(C)C1. The summed E-state index contributed by atoms with van der Waals surface area (Å²) in [6, 6.07) is 5.07. The normalized spacial score (nSPS) is 23.1. The van der Waals surface area contributed by atoms with Crippen LogP contribution in [0.3, 0.4) is 0 Å². The molecule has 0 saturated carbocycles. The van der Waals surface area contributed by atoms with Gasteiger partial charge in [-0.1, -0.05) is 6.58 Å². The van der Waals surface area contributed by atoms with E-state index in [2.05, 4.69) is 11.9 Å². The molecular weight excluding hydrogens is 400 g/mol. The smallest absolute Gasteiger partial charge is 0.244 e. The number of amides is 1. The fraction of sp³-hybridized carbons (Fsp3) is 0.609. The minimum atomic E-state index is -3.75. The molecule has 1 saturated heterocycles. The summed E-state index contributed by atoms with van der Waals surface area (Å²) in [4.78, 5) is 12.1. The molecule has 0 bridgehead atoms. The number of carbonyl (C=O) groups excluding carboxylic acids is 1. The molecule has 3 rings (SSSR count). The topological polar surface area (TPSA) is 75.7 Å². The van der Waals surface area contributed by atoms with Crippen molar-refractivity contribution in [2.45, 2.75) is 94.8 Å². The molecule has 0 unspecified atom stereocenters. The predicted octanol–water partition coefficient (Wildman–Crippen LogP) is 3.80. The van der Waals surface area contributed by atoms with Crippen molar-refractivity contribution in [2.24, 2.45) is 0 Å². The van der Waals surface area contributed by atoms with Crippen molar-refractivity contribution in [2.75, 3.05) is 0 Å². The number of fused-ring (bicyclic) bond motifs is 1. The van der Waals surface area contributed by atoms with E-state index in [1.165, 1.54) is 6.08 Å². The van der Waals surface area contributed by atoms with E-state index in [1.807, 2.05) is 41.5 Å². The molecule has 2 heterocycles. The maximum Gasteiger partial charge on any atom is 0.244 e. The Morgan fingerprint density at radius 3 is 2.33 bits per heavy atom. The van der Waals surface area contributed by atoms with Crippen molar-refractivity contribution in [1.82, 2.24) is 9.62 Å². The third kappa shape index (κ3) is 4.28. The monoisotopic (exact) mass is 434 g/mol. The number of rotatable bonds is 4. The highest BCUT2D eigenvalue weighted by Gasteiger charge is 2.52. The first-order chi connectivity index (χ1) is 13.7. The van der Waals surface area contributed by atoms with E-state index in [0.717, 1.165) is 24.2 Å². The van der Waals surface area contributed by atoms with Crippen LogP contribution in [0.15, 0.2) is 35.7 Å². The first-order valence-corrected chi connectivity index (χ1v) is 11.9. The van der Waals surface area contributed by atoms with Crippen LogP contribution in [-0.2, 0) is 21.2 Å². The second-order valence-corrected chi connectivity index (χ2v) is 12.1. The number of benzene rings is 1. The number of ether oxygens (including phenoxy) is 1. The zero-order valence-corrected chi connectivity index (χ0v) is 19.7. The van der Waals surface area contributed by atoms with Gasteiger partial charge in [0.15, 0.2) is 0 Å². The molecule has 0 atom stereocenters. The summed E-state index contributed by atoms with van der Waals surface area (Å²) in [5, 5.41) is 2.95. The van der Waals surface area contributed by atoms with E-state index >= 15 is 0 Å². The van der Waals surface area contributed by atoms with Gasteiger partial charge < -0.3 is 10.1 Å².